The summed E-state index contributed by atoms with van der Waals surface area (Å²) in [6, 6.07) is 5.09. The van der Waals surface area contributed by atoms with Gasteiger partial charge in [-0.05, 0) is 38.0 Å². The first-order chi connectivity index (χ1) is 15.2. The van der Waals surface area contributed by atoms with Gasteiger partial charge in [0.05, 0.1) is 29.3 Å². The number of allylic oxidation sites excluding steroid dienone is 1. The first kappa shape index (κ1) is 20.7. The third-order valence-corrected chi connectivity index (χ3v) is 6.83. The van der Waals surface area contributed by atoms with Gasteiger partial charge in [0.25, 0.3) is 0 Å². The van der Waals surface area contributed by atoms with Crippen LogP contribution < -0.4 is 5.32 Å². The maximum Gasteiger partial charge on any atom is 0.185 e. The van der Waals surface area contributed by atoms with Crippen molar-refractivity contribution in [2.45, 2.75) is 50.1 Å². The number of fused-ring (bicyclic) bond motifs is 2. The fourth-order valence-electron chi connectivity index (χ4n) is 5.06. The Morgan fingerprint density at radius 2 is 2.03 bits per heavy atom. The molecule has 0 spiro atoms. The van der Waals surface area contributed by atoms with Crippen molar-refractivity contribution in [3.63, 3.8) is 0 Å². The second-order valence-corrected chi connectivity index (χ2v) is 9.21. The van der Waals surface area contributed by atoms with E-state index >= 15 is 4.39 Å². The molecule has 5 rings (SSSR count). The first-order valence-electron chi connectivity index (χ1n) is 10.5. The maximum absolute atomic E-state index is 15.4. The Morgan fingerprint density at radius 3 is 2.69 bits per heavy atom. The zero-order valence-corrected chi connectivity index (χ0v) is 17.8. The summed E-state index contributed by atoms with van der Waals surface area (Å²) in [5, 5.41) is 21.9. The summed E-state index contributed by atoms with van der Waals surface area (Å²) < 4.78 is 31.7. The molecule has 166 valence electrons. The van der Waals surface area contributed by atoms with Gasteiger partial charge in [0.2, 0.25) is 0 Å². The van der Waals surface area contributed by atoms with E-state index in [2.05, 4.69) is 32.1 Å². The third kappa shape index (κ3) is 3.19. The lowest BCUT2D eigenvalue weighted by Crippen LogP contribution is -2.61. The van der Waals surface area contributed by atoms with Crippen molar-refractivity contribution in [2.75, 3.05) is 0 Å². The molecule has 32 heavy (non-hydrogen) atoms. The summed E-state index contributed by atoms with van der Waals surface area (Å²) in [5.41, 5.74) is 0.237. The van der Waals surface area contributed by atoms with E-state index in [-0.39, 0.29) is 24.4 Å². The van der Waals surface area contributed by atoms with Crippen LogP contribution >= 0.6 is 0 Å². The van der Waals surface area contributed by atoms with Gasteiger partial charge in [0.15, 0.2) is 5.82 Å². The molecule has 5 atom stereocenters. The van der Waals surface area contributed by atoms with E-state index in [4.69, 9.17) is 0 Å². The molecular formula is C23H24F2N6O. The van der Waals surface area contributed by atoms with Crippen LogP contribution in [-0.2, 0) is 0 Å². The van der Waals surface area contributed by atoms with E-state index < -0.39 is 29.3 Å². The van der Waals surface area contributed by atoms with Crippen LogP contribution in [0.3, 0.4) is 0 Å². The predicted molar refractivity (Wildman–Crippen MR) is 116 cm³/mol. The Morgan fingerprint density at radius 1 is 1.22 bits per heavy atom. The minimum Gasteiger partial charge on any atom is -0.507 e. The first-order valence-corrected chi connectivity index (χ1v) is 10.5. The highest BCUT2D eigenvalue weighted by Gasteiger charge is 2.61. The van der Waals surface area contributed by atoms with Crippen LogP contribution in [0, 0.1) is 5.92 Å². The van der Waals surface area contributed by atoms with Crippen molar-refractivity contribution >= 4 is 5.57 Å². The SMILES string of the molecule is C=C(c1cnc(-c2ccc(-n3ccnc3)cc2O)nn1)C1C[C@]2(C)N[C@@](C)(C[C@@H]2F)[C@H]1F. The normalized spacial score (nSPS) is 31.6. The fourth-order valence-corrected chi connectivity index (χ4v) is 5.06. The number of halogens is 2. The lowest BCUT2D eigenvalue weighted by atomic mass is 9.75. The van der Waals surface area contributed by atoms with E-state index in [9.17, 15) is 9.50 Å². The average molecular weight is 438 g/mol. The van der Waals surface area contributed by atoms with Crippen LogP contribution in [0.4, 0.5) is 8.78 Å². The fraction of sp³-hybridized carbons (Fsp3) is 0.391. The number of aromatic hydroxyl groups is 1. The van der Waals surface area contributed by atoms with Crippen molar-refractivity contribution in [1.82, 2.24) is 30.0 Å². The van der Waals surface area contributed by atoms with Gasteiger partial charge >= 0.3 is 0 Å². The molecule has 1 unspecified atom stereocenters. The molecule has 2 saturated heterocycles. The van der Waals surface area contributed by atoms with Crippen molar-refractivity contribution in [3.8, 4) is 22.8 Å². The molecule has 0 saturated carbocycles. The largest absolute Gasteiger partial charge is 0.507 e. The number of hydrogen-bond acceptors (Lipinski definition) is 6. The third-order valence-electron chi connectivity index (χ3n) is 6.83. The number of phenolic OH excluding ortho intramolecular Hbond substituents is 1. The quantitative estimate of drug-likeness (QED) is 0.647. The molecule has 2 bridgehead atoms. The van der Waals surface area contributed by atoms with E-state index in [1.54, 1.807) is 55.3 Å². The van der Waals surface area contributed by atoms with Crippen LogP contribution in [0.2, 0.25) is 0 Å². The van der Waals surface area contributed by atoms with Crippen LogP contribution in [0.1, 0.15) is 32.4 Å². The molecule has 0 amide bonds. The molecule has 7 nitrogen and oxygen atoms in total. The minimum atomic E-state index is -1.30. The number of phenols is 1. The van der Waals surface area contributed by atoms with E-state index in [0.717, 1.165) is 5.69 Å². The van der Waals surface area contributed by atoms with Gasteiger partial charge in [-0.15, -0.1) is 10.2 Å². The summed E-state index contributed by atoms with van der Waals surface area (Å²) in [6.45, 7) is 7.56. The molecule has 4 heterocycles. The molecule has 0 radical (unpaired) electrons. The molecule has 2 N–H and O–H groups in total. The van der Waals surface area contributed by atoms with Gasteiger partial charge in [-0.3, -0.25) is 0 Å². The molecule has 9 heteroatoms. The standard InChI is InChI=1S/C23H24F2N6O/c1-13(16-9-22(2)19(24)10-23(3,30-22)20(16)25)17-11-27-21(29-28-17)15-5-4-14(8-18(15)32)31-7-6-26-12-31/h4-8,11-12,16,19-20,30,32H,1,9-10H2,2-3H3/t16?,19-,20-,22-,23-/m0/s1. The summed E-state index contributed by atoms with van der Waals surface area (Å²) >= 11 is 0. The van der Waals surface area contributed by atoms with Crippen LogP contribution in [0.25, 0.3) is 22.6 Å². The summed E-state index contributed by atoms with van der Waals surface area (Å²) in [7, 11) is 0. The van der Waals surface area contributed by atoms with Crippen molar-refractivity contribution in [1.29, 1.82) is 0 Å². The second-order valence-electron chi connectivity index (χ2n) is 9.21. The highest BCUT2D eigenvalue weighted by atomic mass is 19.1. The number of aromatic nitrogens is 5. The van der Waals surface area contributed by atoms with Crippen LogP contribution in [0.5, 0.6) is 5.75 Å². The van der Waals surface area contributed by atoms with Gasteiger partial charge in [-0.2, -0.15) is 0 Å². The number of hydrogen-bond donors (Lipinski definition) is 2. The lowest BCUT2D eigenvalue weighted by molar-refractivity contribution is 0.0708. The van der Waals surface area contributed by atoms with E-state index in [0.29, 0.717) is 16.8 Å². The lowest BCUT2D eigenvalue weighted by Gasteiger charge is -2.44. The number of nitrogens with zero attached hydrogens (tertiary/aromatic N) is 5. The summed E-state index contributed by atoms with van der Waals surface area (Å²) in [6.07, 6.45) is 4.51. The summed E-state index contributed by atoms with van der Waals surface area (Å²) in [4.78, 5) is 8.31. The molecule has 2 fully saturated rings. The van der Waals surface area contributed by atoms with Crippen molar-refractivity contribution < 1.29 is 13.9 Å². The molecule has 2 aliphatic rings. The Hall–Kier alpha value is -3.20. The number of imidazole rings is 1. The molecule has 2 aromatic heterocycles. The second kappa shape index (κ2) is 7.16. The number of alkyl halides is 2. The Kier molecular flexibility index (Phi) is 4.63. The number of rotatable bonds is 4. The summed E-state index contributed by atoms with van der Waals surface area (Å²) in [5.74, 6) is -0.351. The Bertz CT molecular complexity index is 1170. The van der Waals surface area contributed by atoms with Crippen molar-refractivity contribution in [3.05, 3.63) is 55.4 Å². The highest BCUT2D eigenvalue weighted by Crippen LogP contribution is 2.50. The molecular weight excluding hydrogens is 414 g/mol. The predicted octanol–water partition coefficient (Wildman–Crippen LogP) is 3.65. The topological polar surface area (TPSA) is 88.8 Å². The monoisotopic (exact) mass is 438 g/mol. The highest BCUT2D eigenvalue weighted by molar-refractivity contribution is 5.67. The van der Waals surface area contributed by atoms with Crippen molar-refractivity contribution in [2.24, 2.45) is 5.92 Å². The zero-order chi connectivity index (χ0) is 22.7. The Labute approximate surface area is 184 Å². The van der Waals surface area contributed by atoms with Gasteiger partial charge in [-0.25, -0.2) is 18.7 Å². The number of piperidine rings is 1. The van der Waals surface area contributed by atoms with E-state index in [1.807, 2.05) is 0 Å². The molecule has 1 aromatic carbocycles. The maximum atomic E-state index is 15.4. The smallest absolute Gasteiger partial charge is 0.185 e. The van der Waals surface area contributed by atoms with Crippen LogP contribution in [0.15, 0.2) is 49.7 Å². The van der Waals surface area contributed by atoms with Gasteiger partial charge in [0, 0.05) is 36.3 Å². The Balaban J connectivity index is 1.39. The number of benzene rings is 1. The van der Waals surface area contributed by atoms with Gasteiger partial charge in [0.1, 0.15) is 23.8 Å². The van der Waals surface area contributed by atoms with Gasteiger partial charge < -0.3 is 15.0 Å². The van der Waals surface area contributed by atoms with Gasteiger partial charge in [-0.1, -0.05) is 6.58 Å². The average Bonchev–Trinajstić information content (AvgIpc) is 3.37. The van der Waals surface area contributed by atoms with E-state index in [1.165, 1.54) is 6.20 Å². The molecule has 2 aliphatic heterocycles. The minimum absolute atomic E-state index is 0.00170. The molecule has 3 aromatic rings. The zero-order valence-electron chi connectivity index (χ0n) is 17.8. The number of nitrogens with one attached hydrogen (secondary N) is 1. The molecule has 0 aliphatic carbocycles. The van der Waals surface area contributed by atoms with Crippen LogP contribution in [-0.4, -0.2) is 53.3 Å².